The van der Waals surface area contributed by atoms with E-state index in [2.05, 4.69) is 17.2 Å². The van der Waals surface area contributed by atoms with Crippen LogP contribution in [-0.2, 0) is 6.42 Å². The molecule has 4 heteroatoms. The van der Waals surface area contributed by atoms with Gasteiger partial charge in [0.25, 0.3) is 0 Å². The Balaban J connectivity index is 1.80. The summed E-state index contributed by atoms with van der Waals surface area (Å²) in [5.74, 6) is 0. The maximum Gasteiger partial charge on any atom is 0.317 e. The fraction of sp³-hybridized carbons (Fsp3) is 0.625. The number of carbonyl (C=O) groups excluding carboxylic acids is 1. The highest BCUT2D eigenvalue weighted by Crippen LogP contribution is 2.11. The SMILES string of the molecule is C[C@H](Cc1cccnc1)NC(=O)N1CCCCCCC1. The molecule has 4 nitrogen and oxygen atoms in total. The highest BCUT2D eigenvalue weighted by Gasteiger charge is 2.16. The van der Waals surface area contributed by atoms with Gasteiger partial charge in [-0.05, 0) is 37.8 Å². The number of amides is 2. The van der Waals surface area contributed by atoms with Gasteiger partial charge in [-0.1, -0.05) is 25.3 Å². The highest BCUT2D eigenvalue weighted by atomic mass is 16.2. The fourth-order valence-corrected chi connectivity index (χ4v) is 2.68. The summed E-state index contributed by atoms with van der Waals surface area (Å²) in [6.07, 6.45) is 10.5. The van der Waals surface area contributed by atoms with E-state index in [1.54, 1.807) is 6.20 Å². The first kappa shape index (κ1) is 14.8. The second kappa shape index (κ2) is 7.88. The molecule has 0 bridgehead atoms. The Morgan fingerprint density at radius 3 is 2.65 bits per heavy atom. The summed E-state index contributed by atoms with van der Waals surface area (Å²) in [5.41, 5.74) is 1.16. The number of hydrogen-bond donors (Lipinski definition) is 1. The molecule has 1 aromatic heterocycles. The number of nitrogens with zero attached hydrogens (tertiary/aromatic N) is 2. The zero-order valence-electron chi connectivity index (χ0n) is 12.3. The molecule has 1 aromatic rings. The zero-order chi connectivity index (χ0) is 14.2. The molecule has 20 heavy (non-hydrogen) atoms. The molecule has 1 fully saturated rings. The minimum Gasteiger partial charge on any atom is -0.335 e. The topological polar surface area (TPSA) is 45.2 Å². The number of rotatable bonds is 3. The van der Waals surface area contributed by atoms with Gasteiger partial charge in [0.15, 0.2) is 0 Å². The van der Waals surface area contributed by atoms with Gasteiger partial charge in [0.2, 0.25) is 0 Å². The van der Waals surface area contributed by atoms with Crippen molar-refractivity contribution < 1.29 is 4.79 Å². The van der Waals surface area contributed by atoms with E-state index >= 15 is 0 Å². The van der Waals surface area contributed by atoms with Gasteiger partial charge < -0.3 is 10.2 Å². The molecule has 2 amide bonds. The zero-order valence-corrected chi connectivity index (χ0v) is 12.3. The molecule has 1 N–H and O–H groups in total. The molecular weight excluding hydrogens is 250 g/mol. The van der Waals surface area contributed by atoms with Crippen LogP contribution < -0.4 is 5.32 Å². The van der Waals surface area contributed by atoms with Crippen molar-refractivity contribution in [1.29, 1.82) is 0 Å². The Kier molecular flexibility index (Phi) is 5.84. The van der Waals surface area contributed by atoms with E-state index in [1.165, 1.54) is 19.3 Å². The van der Waals surface area contributed by atoms with Crippen molar-refractivity contribution in [3.63, 3.8) is 0 Å². The summed E-state index contributed by atoms with van der Waals surface area (Å²) in [6.45, 7) is 3.84. The van der Waals surface area contributed by atoms with Crippen LogP contribution in [-0.4, -0.2) is 35.0 Å². The van der Waals surface area contributed by atoms with Crippen molar-refractivity contribution in [2.75, 3.05) is 13.1 Å². The summed E-state index contributed by atoms with van der Waals surface area (Å²) in [7, 11) is 0. The van der Waals surface area contributed by atoms with Crippen molar-refractivity contribution in [3.05, 3.63) is 30.1 Å². The molecule has 1 aliphatic heterocycles. The van der Waals surface area contributed by atoms with Crippen LogP contribution in [0.1, 0.15) is 44.6 Å². The van der Waals surface area contributed by atoms with Crippen LogP contribution in [0.2, 0.25) is 0 Å². The van der Waals surface area contributed by atoms with Crippen LogP contribution in [0.15, 0.2) is 24.5 Å². The van der Waals surface area contributed by atoms with Crippen molar-refractivity contribution in [3.8, 4) is 0 Å². The molecule has 1 aliphatic rings. The lowest BCUT2D eigenvalue weighted by molar-refractivity contribution is 0.189. The number of hydrogen-bond acceptors (Lipinski definition) is 2. The molecule has 1 saturated heterocycles. The minimum atomic E-state index is 0.0864. The lowest BCUT2D eigenvalue weighted by Crippen LogP contribution is -2.45. The Labute approximate surface area is 121 Å². The van der Waals surface area contributed by atoms with E-state index in [0.717, 1.165) is 37.9 Å². The molecule has 0 aliphatic carbocycles. The Morgan fingerprint density at radius 2 is 2.00 bits per heavy atom. The quantitative estimate of drug-likeness (QED) is 0.921. The molecule has 0 aromatic carbocycles. The first-order chi connectivity index (χ1) is 9.75. The number of carbonyl (C=O) groups is 1. The Bertz CT molecular complexity index is 399. The van der Waals surface area contributed by atoms with E-state index in [4.69, 9.17) is 0 Å². The third-order valence-electron chi connectivity index (χ3n) is 3.78. The second-order valence-electron chi connectivity index (χ2n) is 5.67. The van der Waals surface area contributed by atoms with Gasteiger partial charge in [-0.2, -0.15) is 0 Å². The lowest BCUT2D eigenvalue weighted by atomic mass is 10.1. The van der Waals surface area contributed by atoms with Crippen molar-refractivity contribution >= 4 is 6.03 Å². The molecular formula is C16H25N3O. The number of aromatic nitrogens is 1. The molecule has 0 spiro atoms. The lowest BCUT2D eigenvalue weighted by Gasteiger charge is -2.26. The fourth-order valence-electron chi connectivity index (χ4n) is 2.68. The predicted molar refractivity (Wildman–Crippen MR) is 80.6 cm³/mol. The highest BCUT2D eigenvalue weighted by molar-refractivity contribution is 5.74. The van der Waals surface area contributed by atoms with Gasteiger partial charge in [0, 0.05) is 31.5 Å². The van der Waals surface area contributed by atoms with Crippen LogP contribution in [0.4, 0.5) is 4.79 Å². The first-order valence-electron chi connectivity index (χ1n) is 7.70. The average molecular weight is 275 g/mol. The number of pyridine rings is 1. The Morgan fingerprint density at radius 1 is 1.30 bits per heavy atom. The van der Waals surface area contributed by atoms with Crippen LogP contribution >= 0.6 is 0 Å². The van der Waals surface area contributed by atoms with Crippen LogP contribution in [0.25, 0.3) is 0 Å². The smallest absolute Gasteiger partial charge is 0.317 e. The van der Waals surface area contributed by atoms with Crippen LogP contribution in [0, 0.1) is 0 Å². The van der Waals surface area contributed by atoms with Gasteiger partial charge in [-0.3, -0.25) is 4.98 Å². The third-order valence-corrected chi connectivity index (χ3v) is 3.78. The molecule has 0 unspecified atom stereocenters. The molecule has 110 valence electrons. The summed E-state index contributed by atoms with van der Waals surface area (Å²) >= 11 is 0. The van der Waals surface area contributed by atoms with Gasteiger partial charge in [0.05, 0.1) is 0 Å². The van der Waals surface area contributed by atoms with E-state index in [0.29, 0.717) is 0 Å². The molecule has 2 heterocycles. The number of urea groups is 1. The van der Waals surface area contributed by atoms with E-state index < -0.39 is 0 Å². The number of likely N-dealkylation sites (tertiary alicyclic amines) is 1. The van der Waals surface area contributed by atoms with Crippen LogP contribution in [0.3, 0.4) is 0 Å². The normalized spacial score (nSPS) is 17.9. The second-order valence-corrected chi connectivity index (χ2v) is 5.67. The predicted octanol–water partition coefficient (Wildman–Crippen LogP) is 2.99. The van der Waals surface area contributed by atoms with Crippen molar-refractivity contribution in [2.24, 2.45) is 0 Å². The minimum absolute atomic E-state index is 0.0864. The van der Waals surface area contributed by atoms with Crippen LogP contribution in [0.5, 0.6) is 0 Å². The maximum atomic E-state index is 12.3. The van der Waals surface area contributed by atoms with Crippen molar-refractivity contribution in [1.82, 2.24) is 15.2 Å². The van der Waals surface area contributed by atoms with Gasteiger partial charge >= 0.3 is 6.03 Å². The van der Waals surface area contributed by atoms with Gasteiger partial charge in [-0.25, -0.2) is 4.79 Å². The standard InChI is InChI=1S/C16H25N3O/c1-14(12-15-8-7-9-17-13-15)18-16(20)19-10-5-3-2-4-6-11-19/h7-9,13-14H,2-6,10-12H2,1H3,(H,18,20)/t14-/m1/s1. The van der Waals surface area contributed by atoms with Gasteiger partial charge in [-0.15, -0.1) is 0 Å². The largest absolute Gasteiger partial charge is 0.335 e. The molecule has 2 rings (SSSR count). The summed E-state index contributed by atoms with van der Waals surface area (Å²) in [4.78, 5) is 18.3. The number of nitrogens with one attached hydrogen (secondary N) is 1. The Hall–Kier alpha value is -1.58. The van der Waals surface area contributed by atoms with E-state index in [1.807, 2.05) is 23.2 Å². The third kappa shape index (κ3) is 4.83. The average Bonchev–Trinajstić information content (AvgIpc) is 2.38. The summed E-state index contributed by atoms with van der Waals surface area (Å²) in [5, 5.41) is 3.11. The monoisotopic (exact) mass is 275 g/mol. The summed E-state index contributed by atoms with van der Waals surface area (Å²) in [6, 6.07) is 4.20. The molecule has 1 atom stereocenters. The van der Waals surface area contributed by atoms with E-state index in [-0.39, 0.29) is 12.1 Å². The van der Waals surface area contributed by atoms with Crippen molar-refractivity contribution in [2.45, 2.75) is 51.5 Å². The first-order valence-corrected chi connectivity index (χ1v) is 7.70. The molecule has 0 radical (unpaired) electrons. The van der Waals surface area contributed by atoms with Gasteiger partial charge in [0.1, 0.15) is 0 Å². The maximum absolute atomic E-state index is 12.3. The van der Waals surface area contributed by atoms with E-state index in [9.17, 15) is 4.79 Å². The summed E-state index contributed by atoms with van der Waals surface area (Å²) < 4.78 is 0. The molecule has 0 saturated carbocycles.